The molecule has 0 saturated carbocycles. The summed E-state index contributed by atoms with van der Waals surface area (Å²) in [5, 5.41) is 1.92. The molecule has 1 amide bonds. The number of amides is 1. The lowest BCUT2D eigenvalue weighted by Crippen LogP contribution is -2.39. The van der Waals surface area contributed by atoms with Gasteiger partial charge in [0.05, 0.1) is 6.61 Å². The van der Waals surface area contributed by atoms with E-state index in [0.717, 1.165) is 17.3 Å². The predicted molar refractivity (Wildman–Crippen MR) is 88.1 cm³/mol. The van der Waals surface area contributed by atoms with Crippen LogP contribution in [0.25, 0.3) is 10.8 Å². The zero-order valence-electron chi connectivity index (χ0n) is 13.5. The van der Waals surface area contributed by atoms with Gasteiger partial charge in [-0.15, -0.1) is 0 Å². The van der Waals surface area contributed by atoms with Crippen LogP contribution in [0, 0.1) is 0 Å². The third-order valence-corrected chi connectivity index (χ3v) is 3.55. The second-order valence-electron chi connectivity index (χ2n) is 5.47. The van der Waals surface area contributed by atoms with Crippen LogP contribution in [0.3, 0.4) is 0 Å². The van der Waals surface area contributed by atoms with E-state index >= 15 is 0 Å². The number of pyridine rings is 1. The minimum atomic E-state index is -0.0456. The Balaban J connectivity index is 2.27. The molecule has 0 N–H and O–H groups in total. The van der Waals surface area contributed by atoms with Crippen molar-refractivity contribution in [1.82, 2.24) is 14.8 Å². The Morgan fingerprint density at radius 2 is 1.91 bits per heavy atom. The van der Waals surface area contributed by atoms with Crippen LogP contribution in [-0.2, 0) is 4.74 Å². The van der Waals surface area contributed by atoms with Crippen LogP contribution in [0.1, 0.15) is 10.5 Å². The van der Waals surface area contributed by atoms with Crippen molar-refractivity contribution in [2.45, 2.75) is 0 Å². The van der Waals surface area contributed by atoms with Crippen molar-refractivity contribution in [3.8, 4) is 0 Å². The molecule has 0 aliphatic rings. The third-order valence-electron chi connectivity index (χ3n) is 3.55. The molecule has 118 valence electrons. The Hall–Kier alpha value is -1.98. The maximum atomic E-state index is 12.9. The van der Waals surface area contributed by atoms with Gasteiger partial charge in [-0.1, -0.05) is 24.3 Å². The smallest absolute Gasteiger partial charge is 0.273 e. The Kier molecular flexibility index (Phi) is 5.86. The molecule has 22 heavy (non-hydrogen) atoms. The highest BCUT2D eigenvalue weighted by molar-refractivity contribution is 6.05. The molecule has 0 spiro atoms. The highest BCUT2D eigenvalue weighted by Gasteiger charge is 2.19. The largest absolute Gasteiger partial charge is 0.383 e. The summed E-state index contributed by atoms with van der Waals surface area (Å²) in [6.45, 7) is 2.54. The highest BCUT2D eigenvalue weighted by Crippen LogP contribution is 2.17. The number of methoxy groups -OCH3 is 1. The number of rotatable bonds is 7. The van der Waals surface area contributed by atoms with Crippen LogP contribution >= 0.6 is 0 Å². The lowest BCUT2D eigenvalue weighted by atomic mass is 10.1. The number of hydrogen-bond donors (Lipinski definition) is 0. The van der Waals surface area contributed by atoms with Gasteiger partial charge in [-0.25, -0.2) is 0 Å². The molecule has 1 aromatic heterocycles. The first-order chi connectivity index (χ1) is 10.6. The normalized spacial score (nSPS) is 11.1. The quantitative estimate of drug-likeness (QED) is 0.783. The molecule has 2 rings (SSSR count). The number of fused-ring (bicyclic) bond motifs is 1. The van der Waals surface area contributed by atoms with Crippen molar-refractivity contribution in [2.75, 3.05) is 47.4 Å². The van der Waals surface area contributed by atoms with Gasteiger partial charge in [-0.3, -0.25) is 9.78 Å². The van der Waals surface area contributed by atoms with Crippen LogP contribution in [0.4, 0.5) is 0 Å². The van der Waals surface area contributed by atoms with Crippen molar-refractivity contribution in [3.05, 3.63) is 42.2 Å². The maximum Gasteiger partial charge on any atom is 0.273 e. The number of carbonyl (C=O) groups is 1. The van der Waals surface area contributed by atoms with E-state index in [2.05, 4.69) is 9.88 Å². The van der Waals surface area contributed by atoms with Gasteiger partial charge < -0.3 is 14.5 Å². The first kappa shape index (κ1) is 16.4. The molecule has 0 aliphatic carbocycles. The van der Waals surface area contributed by atoms with Crippen molar-refractivity contribution < 1.29 is 9.53 Å². The van der Waals surface area contributed by atoms with Gasteiger partial charge in [-0.2, -0.15) is 0 Å². The summed E-state index contributed by atoms with van der Waals surface area (Å²) in [5.41, 5.74) is 0.507. The minimum Gasteiger partial charge on any atom is -0.383 e. The van der Waals surface area contributed by atoms with Crippen LogP contribution in [0.5, 0.6) is 0 Å². The number of benzene rings is 1. The molecule has 0 atom stereocenters. The fourth-order valence-corrected chi connectivity index (χ4v) is 2.28. The Morgan fingerprint density at radius 3 is 2.64 bits per heavy atom. The summed E-state index contributed by atoms with van der Waals surface area (Å²) in [4.78, 5) is 21.0. The van der Waals surface area contributed by atoms with Gasteiger partial charge in [0.25, 0.3) is 5.91 Å². The molecule has 0 saturated heterocycles. The Morgan fingerprint density at radius 1 is 1.14 bits per heavy atom. The predicted octanol–water partition coefficient (Wildman–Crippen LogP) is 1.89. The molecule has 0 unspecified atom stereocenters. The van der Waals surface area contributed by atoms with Crippen LogP contribution in [0.15, 0.2) is 36.5 Å². The summed E-state index contributed by atoms with van der Waals surface area (Å²) >= 11 is 0. The van der Waals surface area contributed by atoms with Gasteiger partial charge in [0.15, 0.2) is 0 Å². The summed E-state index contributed by atoms with van der Waals surface area (Å²) in [5.74, 6) is -0.0456. The zero-order valence-corrected chi connectivity index (χ0v) is 13.5. The van der Waals surface area contributed by atoms with E-state index in [1.165, 1.54) is 0 Å². The van der Waals surface area contributed by atoms with Crippen LogP contribution < -0.4 is 0 Å². The van der Waals surface area contributed by atoms with E-state index in [4.69, 9.17) is 4.74 Å². The van der Waals surface area contributed by atoms with Crippen molar-refractivity contribution >= 4 is 16.7 Å². The number of ether oxygens (including phenoxy) is 1. The van der Waals surface area contributed by atoms with Gasteiger partial charge in [0.2, 0.25) is 0 Å². The first-order valence-corrected chi connectivity index (χ1v) is 7.40. The fourth-order valence-electron chi connectivity index (χ4n) is 2.28. The molecule has 0 aliphatic heterocycles. The summed E-state index contributed by atoms with van der Waals surface area (Å²) in [6.07, 6.45) is 1.69. The van der Waals surface area contributed by atoms with E-state index in [0.29, 0.717) is 25.4 Å². The topological polar surface area (TPSA) is 45.7 Å². The number of likely N-dealkylation sites (N-methyl/N-ethyl adjacent to an activating group) is 1. The number of carbonyl (C=O) groups excluding carboxylic acids is 1. The zero-order chi connectivity index (χ0) is 15.9. The van der Waals surface area contributed by atoms with E-state index in [1.807, 2.05) is 44.4 Å². The summed E-state index contributed by atoms with van der Waals surface area (Å²) in [7, 11) is 5.63. The van der Waals surface area contributed by atoms with E-state index in [9.17, 15) is 4.79 Å². The standard InChI is InChI=1S/C17H23N3O2/c1-19(2)10-11-20(12-13-22-3)17(21)16-15-7-5-4-6-14(15)8-9-18-16/h4-9H,10-13H2,1-3H3. The average Bonchev–Trinajstić information content (AvgIpc) is 2.53. The molecule has 2 aromatic rings. The van der Waals surface area contributed by atoms with Gasteiger partial charge >= 0.3 is 0 Å². The monoisotopic (exact) mass is 301 g/mol. The number of hydrogen-bond acceptors (Lipinski definition) is 4. The SMILES string of the molecule is COCCN(CCN(C)C)C(=O)c1nccc2ccccc12. The fraction of sp³-hybridized carbons (Fsp3) is 0.412. The molecular weight excluding hydrogens is 278 g/mol. The van der Waals surface area contributed by atoms with Crippen LogP contribution in [0.2, 0.25) is 0 Å². The maximum absolute atomic E-state index is 12.9. The number of nitrogens with zero attached hydrogens (tertiary/aromatic N) is 3. The van der Waals surface area contributed by atoms with E-state index in [-0.39, 0.29) is 5.91 Å². The molecule has 5 nitrogen and oxygen atoms in total. The van der Waals surface area contributed by atoms with E-state index in [1.54, 1.807) is 18.2 Å². The van der Waals surface area contributed by atoms with Crippen molar-refractivity contribution in [3.63, 3.8) is 0 Å². The Bertz CT molecular complexity index is 623. The molecule has 1 heterocycles. The molecule has 1 aromatic carbocycles. The lowest BCUT2D eigenvalue weighted by Gasteiger charge is -2.24. The highest BCUT2D eigenvalue weighted by atomic mass is 16.5. The number of aromatic nitrogens is 1. The molecule has 5 heteroatoms. The molecular formula is C17H23N3O2. The lowest BCUT2D eigenvalue weighted by molar-refractivity contribution is 0.0679. The average molecular weight is 301 g/mol. The van der Waals surface area contributed by atoms with Gasteiger partial charge in [-0.05, 0) is 25.5 Å². The molecule has 0 radical (unpaired) electrons. The van der Waals surface area contributed by atoms with E-state index < -0.39 is 0 Å². The van der Waals surface area contributed by atoms with Gasteiger partial charge in [0.1, 0.15) is 5.69 Å². The second kappa shape index (κ2) is 7.87. The Labute approximate surface area is 131 Å². The van der Waals surface area contributed by atoms with Crippen LogP contribution in [-0.4, -0.2) is 68.1 Å². The summed E-state index contributed by atoms with van der Waals surface area (Å²) in [6, 6.07) is 9.75. The van der Waals surface area contributed by atoms with Crippen molar-refractivity contribution in [2.24, 2.45) is 0 Å². The first-order valence-electron chi connectivity index (χ1n) is 7.40. The van der Waals surface area contributed by atoms with Gasteiger partial charge in [0, 0.05) is 38.3 Å². The van der Waals surface area contributed by atoms with Crippen molar-refractivity contribution in [1.29, 1.82) is 0 Å². The summed E-state index contributed by atoms with van der Waals surface area (Å²) < 4.78 is 5.12. The molecule has 0 fully saturated rings. The second-order valence-corrected chi connectivity index (χ2v) is 5.47. The molecule has 0 bridgehead atoms. The third kappa shape index (κ3) is 4.02. The minimum absolute atomic E-state index is 0.0456.